The van der Waals surface area contributed by atoms with E-state index in [-0.39, 0.29) is 92.2 Å². The van der Waals surface area contributed by atoms with E-state index in [0.29, 0.717) is 5.52 Å². The zero-order chi connectivity index (χ0) is 65.4. The summed E-state index contributed by atoms with van der Waals surface area (Å²) in [5.41, 5.74) is 11.4. The predicted octanol–water partition coefficient (Wildman–Crippen LogP) is 14.8. The van der Waals surface area contributed by atoms with E-state index < -0.39 is 0 Å². The normalized spacial score (nSPS) is 10.8. The molecule has 0 radical (unpaired) electrons. The Morgan fingerprint density at radius 3 is 1.40 bits per heavy atom. The Morgan fingerprint density at radius 1 is 0.371 bits per heavy atom. The fourth-order valence-electron chi connectivity index (χ4n) is 12.4. The summed E-state index contributed by atoms with van der Waals surface area (Å²) in [6.07, 6.45) is 1.75. The third-order valence-electron chi connectivity index (χ3n) is 16.8. The number of H-pyrrole nitrogens is 1. The molecule has 0 amide bonds. The summed E-state index contributed by atoms with van der Waals surface area (Å²) in [6.45, 7) is 21.7. The Morgan fingerprint density at radius 2 is 0.825 bits per heavy atom. The summed E-state index contributed by atoms with van der Waals surface area (Å²) < 4.78 is 2.26. The largest absolute Gasteiger partial charge is 1.00 e. The number of benzene rings is 12. The number of nitrogens with one attached hydrogen (secondary N) is 1. The van der Waals surface area contributed by atoms with E-state index in [1.807, 2.05) is 18.2 Å². The van der Waals surface area contributed by atoms with Gasteiger partial charge in [-0.15, -0.1) is 15.0 Å². The molecule has 5 aromatic heterocycles. The zero-order valence-corrected chi connectivity index (χ0v) is 51.3. The average Bonchev–Trinajstić information content (AvgIpc) is 1.64. The molecule has 0 saturated carbocycles. The molecular weight excluding hydrogens is 1190 g/mol. The van der Waals surface area contributed by atoms with Crippen LogP contribution in [0.15, 0.2) is 243 Å². The van der Waals surface area contributed by atoms with Crippen molar-refractivity contribution >= 4 is 116 Å². The van der Waals surface area contributed by atoms with E-state index >= 15 is 0 Å². The van der Waals surface area contributed by atoms with Crippen LogP contribution in [0.1, 0.15) is 17.1 Å². The molecule has 1 N–H and O–H groups in total. The topological polar surface area (TPSA) is 217 Å². The van der Waals surface area contributed by atoms with Gasteiger partial charge in [-0.05, 0) is 137 Å². The van der Waals surface area contributed by atoms with Crippen LogP contribution in [-0.4, -0.2) is 39.5 Å². The molecule has 0 aliphatic rings. The Bertz CT molecular complexity index is 6030. The second-order valence-corrected chi connectivity index (χ2v) is 22.2. The molecule has 0 unspecified atom stereocenters. The van der Waals surface area contributed by atoms with Gasteiger partial charge in [0.05, 0.1) is 11.0 Å². The van der Waals surface area contributed by atoms with E-state index in [2.05, 4.69) is 260 Å². The fraction of sp³-hybridized carbons (Fsp3) is 0. The molecule has 97 heavy (non-hydrogen) atoms. The third-order valence-corrected chi connectivity index (χ3v) is 16.8. The first-order valence-electron chi connectivity index (χ1n) is 30.0. The number of nitriles is 3. The second kappa shape index (κ2) is 25.5. The summed E-state index contributed by atoms with van der Waals surface area (Å²) in [7, 11) is 0. The van der Waals surface area contributed by atoms with Gasteiger partial charge in [-0.25, -0.2) is 24.9 Å². The molecule has 0 spiro atoms. The summed E-state index contributed by atoms with van der Waals surface area (Å²) in [5.74, 6) is 0.0874. The van der Waals surface area contributed by atoms with Gasteiger partial charge in [0.25, 0.3) is 17.2 Å². The fourth-order valence-corrected chi connectivity index (χ4v) is 12.4. The van der Waals surface area contributed by atoms with Crippen molar-refractivity contribution < 1.29 is 29.0 Å². The summed E-state index contributed by atoms with van der Waals surface area (Å²) >= 11 is 0. The minimum absolute atomic E-state index is 0. The number of hydrogen-bond donors (Lipinski definition) is 0. The minimum atomic E-state index is -0.298. The average molecular weight is 1240 g/mol. The second-order valence-electron chi connectivity index (χ2n) is 22.2. The van der Waals surface area contributed by atoms with Gasteiger partial charge >= 0.3 is 24.7 Å². The van der Waals surface area contributed by atoms with Crippen LogP contribution in [0, 0.1) is 53.7 Å². The van der Waals surface area contributed by atoms with Gasteiger partial charge in [-0.1, -0.05) is 196 Å². The summed E-state index contributed by atoms with van der Waals surface area (Å²) in [4.78, 5) is 42.4. The summed E-state index contributed by atoms with van der Waals surface area (Å²) in [5, 5.41) is 50.0. The van der Waals surface area contributed by atoms with Crippen molar-refractivity contribution in [3.8, 4) is 74.4 Å². The van der Waals surface area contributed by atoms with Gasteiger partial charge in [-0.2, -0.15) is 15.8 Å². The molecule has 0 aliphatic carbocycles. The maximum atomic E-state index is 11.1. The van der Waals surface area contributed by atoms with Crippen molar-refractivity contribution in [2.75, 3.05) is 0 Å². The number of fused-ring (bicyclic) bond motifs is 12. The van der Waals surface area contributed by atoms with Crippen molar-refractivity contribution in [1.29, 1.82) is 15.8 Å². The molecule has 5 heterocycles. The van der Waals surface area contributed by atoms with Crippen molar-refractivity contribution in [3.05, 3.63) is 294 Å². The standard InChI is InChI=1S/C53H34N2.C18N12.C9H7NO.Li/c1-2-16-44(17-3-1)55-50-21-11-10-20-49(50)54-53(55)38-26-22-37(23-27-38)41-30-31-47-48(34-41)52(43-29-25-36-13-5-7-15-40(36)33-43)46-19-9-8-18-45(46)51(47)42-28-24-35-12-4-6-14-39(35)32-42;1-22-16-9(6-21)27-12-10-11(26-8(5-20)7(4-19)25-10)14-15(13(12)28-16)30-18(24-3)17(23-2)29-14;11-8-5-1-3-7-4-2-6-10-9(7)8;/h1-34H;;1-6,11H;/q;;;+1. The zero-order valence-electron chi connectivity index (χ0n) is 51.3. The van der Waals surface area contributed by atoms with E-state index in [1.54, 1.807) is 36.5 Å². The van der Waals surface area contributed by atoms with Crippen LogP contribution in [0.2, 0.25) is 0 Å². The SMILES string of the molecule is [C-]#[N+]c1nc2c(nc1C#N)c1nc(C#N)c(C#N)nc1c1nc([N+]#[C-])c([N+]#[C-])nc21.[Li+].[O-]c1cccc2ccc[nH+]c12.c1ccc(-n2c(-c3ccc(-c4ccc5c(-c6ccc7ccccc7c6)c6ccccc6c(-c6ccc7ccccc7c6)c5c4)cc3)nc3ccccc32)cc1. The number of aromatic nitrogens is 9. The van der Waals surface area contributed by atoms with Gasteiger partial charge in [0.1, 0.15) is 40.6 Å². The summed E-state index contributed by atoms with van der Waals surface area (Å²) in [6, 6.07) is 89.1. The molecule has 0 aliphatic heterocycles. The van der Waals surface area contributed by atoms with Gasteiger partial charge in [0.2, 0.25) is 16.6 Å². The van der Waals surface area contributed by atoms with E-state index in [9.17, 15) is 20.9 Å². The Hall–Kier alpha value is -14.1. The number of nitrogens with zero attached hydrogens (tertiary/aromatic N) is 14. The monoisotopic (exact) mass is 1230 g/mol. The first kappa shape index (κ1) is 60.5. The molecule has 12 aromatic carbocycles. The molecule has 0 atom stereocenters. The minimum Gasteiger partial charge on any atom is -0.868 e. The molecule has 442 valence electrons. The molecular formula is C80H41LiN15O+. The molecule has 16 nitrogen and oxygen atoms in total. The number of para-hydroxylation sites is 4. The van der Waals surface area contributed by atoms with Crippen molar-refractivity contribution in [2.24, 2.45) is 0 Å². The number of imidazole rings is 1. The van der Waals surface area contributed by atoms with Gasteiger partial charge < -0.3 is 19.6 Å². The molecule has 0 saturated heterocycles. The molecule has 17 rings (SSSR count). The quantitative estimate of drug-likeness (QED) is 0.0683. The Kier molecular flexibility index (Phi) is 15.9. The van der Waals surface area contributed by atoms with Crippen LogP contribution in [0.25, 0.3) is 163 Å². The van der Waals surface area contributed by atoms with Crippen molar-refractivity contribution in [1.82, 2.24) is 39.5 Å². The smallest absolute Gasteiger partial charge is 0.868 e. The van der Waals surface area contributed by atoms with Crippen LogP contribution < -0.4 is 29.0 Å². The van der Waals surface area contributed by atoms with Gasteiger partial charge in [0, 0.05) is 22.7 Å². The first-order valence-corrected chi connectivity index (χ1v) is 30.0. The maximum Gasteiger partial charge on any atom is 1.00 e. The van der Waals surface area contributed by atoms with E-state index in [0.717, 1.165) is 39.1 Å². The number of hydrogen-bond acceptors (Lipinski definition) is 11. The van der Waals surface area contributed by atoms with Crippen molar-refractivity contribution in [2.45, 2.75) is 0 Å². The molecule has 0 bridgehead atoms. The third kappa shape index (κ3) is 10.8. The number of aromatic amines is 1. The van der Waals surface area contributed by atoms with Crippen LogP contribution in [-0.2, 0) is 0 Å². The van der Waals surface area contributed by atoms with E-state index in [4.69, 9.17) is 24.7 Å². The van der Waals surface area contributed by atoms with Crippen molar-refractivity contribution in [3.63, 3.8) is 0 Å². The molecule has 0 fully saturated rings. The number of rotatable bonds is 5. The predicted molar refractivity (Wildman–Crippen MR) is 371 cm³/mol. The Balaban J connectivity index is 0.000000160. The van der Waals surface area contributed by atoms with Crippen LogP contribution in [0.3, 0.4) is 0 Å². The van der Waals surface area contributed by atoms with Gasteiger partial charge in [0.15, 0.2) is 23.3 Å². The van der Waals surface area contributed by atoms with Crippen LogP contribution in [0.4, 0.5) is 17.5 Å². The maximum absolute atomic E-state index is 11.1. The molecule has 17 aromatic rings. The van der Waals surface area contributed by atoms with Gasteiger partial charge in [-0.3, -0.25) is 4.57 Å². The number of pyridine rings is 1. The molecule has 17 heteroatoms. The first-order chi connectivity index (χ1) is 47.2. The van der Waals surface area contributed by atoms with Crippen LogP contribution >= 0.6 is 0 Å². The van der Waals surface area contributed by atoms with E-state index in [1.165, 1.54) is 70.9 Å². The van der Waals surface area contributed by atoms with Crippen LogP contribution in [0.5, 0.6) is 5.75 Å². The Labute approximate surface area is 564 Å².